The van der Waals surface area contributed by atoms with Gasteiger partial charge in [-0.2, -0.15) is 0 Å². The third-order valence-electron chi connectivity index (χ3n) is 13.3. The molecule has 0 saturated carbocycles. The second-order valence-electron chi connectivity index (χ2n) is 16.3. The van der Waals surface area contributed by atoms with E-state index < -0.39 is 0 Å². The predicted molar refractivity (Wildman–Crippen MR) is 241 cm³/mol. The molecular formula is C54H37BN2. The number of benzene rings is 8. The van der Waals surface area contributed by atoms with Gasteiger partial charge in [0.1, 0.15) is 0 Å². The SMILES string of the molecule is C1=Cc2c(n(-c3ccc(-c4cc5c6c(c4)Cc4ccc7ccccc7c4B6c4cc6c7ccccc7n(-c7ccccc7)c6cc4C5)cc3)c3ccccc23)CC1. The highest BCUT2D eigenvalue weighted by atomic mass is 15.0. The Morgan fingerprint density at radius 3 is 1.95 bits per heavy atom. The third-order valence-corrected chi connectivity index (χ3v) is 13.3. The molecule has 0 unspecified atom stereocenters. The van der Waals surface area contributed by atoms with Gasteiger partial charge in [0.2, 0.25) is 6.71 Å². The summed E-state index contributed by atoms with van der Waals surface area (Å²) in [6, 6.07) is 62.0. The van der Waals surface area contributed by atoms with Gasteiger partial charge in [0.15, 0.2) is 0 Å². The maximum atomic E-state index is 2.56. The van der Waals surface area contributed by atoms with E-state index in [1.807, 2.05) is 0 Å². The van der Waals surface area contributed by atoms with Crippen LogP contribution in [0.1, 0.15) is 39.9 Å². The molecule has 0 spiro atoms. The van der Waals surface area contributed by atoms with Gasteiger partial charge in [-0.25, -0.2) is 0 Å². The summed E-state index contributed by atoms with van der Waals surface area (Å²) in [5, 5.41) is 6.68. The molecular weight excluding hydrogens is 687 g/mol. The van der Waals surface area contributed by atoms with E-state index in [2.05, 4.69) is 185 Å². The minimum Gasteiger partial charge on any atom is -0.313 e. The molecule has 2 nitrogen and oxygen atoms in total. The van der Waals surface area contributed by atoms with Crippen LogP contribution in [0, 0.1) is 0 Å². The van der Waals surface area contributed by atoms with Crippen molar-refractivity contribution in [2.24, 2.45) is 0 Å². The first kappa shape index (κ1) is 31.4. The van der Waals surface area contributed by atoms with E-state index in [4.69, 9.17) is 0 Å². The van der Waals surface area contributed by atoms with Crippen LogP contribution in [0.2, 0.25) is 0 Å². The van der Waals surface area contributed by atoms with Crippen LogP contribution in [0.5, 0.6) is 0 Å². The van der Waals surface area contributed by atoms with E-state index >= 15 is 0 Å². The van der Waals surface area contributed by atoms with Gasteiger partial charge in [-0.15, -0.1) is 0 Å². The Morgan fingerprint density at radius 2 is 1.12 bits per heavy atom. The molecule has 0 bridgehead atoms. The number of rotatable bonds is 3. The molecule has 0 radical (unpaired) electrons. The van der Waals surface area contributed by atoms with E-state index in [1.165, 1.54) is 116 Å². The molecule has 0 amide bonds. The smallest absolute Gasteiger partial charge is 0.243 e. The average Bonchev–Trinajstić information content (AvgIpc) is 3.78. The van der Waals surface area contributed by atoms with Crippen molar-refractivity contribution in [2.75, 3.05) is 0 Å². The summed E-state index contributed by atoms with van der Waals surface area (Å²) in [6.45, 7) is 0.176. The zero-order valence-electron chi connectivity index (χ0n) is 31.5. The van der Waals surface area contributed by atoms with Crippen LogP contribution in [-0.2, 0) is 19.3 Å². The van der Waals surface area contributed by atoms with Crippen LogP contribution in [-0.4, -0.2) is 15.8 Å². The van der Waals surface area contributed by atoms with Gasteiger partial charge < -0.3 is 9.13 Å². The van der Waals surface area contributed by atoms with Crippen LogP contribution in [0.25, 0.3) is 72.1 Å². The van der Waals surface area contributed by atoms with Crippen molar-refractivity contribution in [3.05, 3.63) is 203 Å². The number of nitrogens with zero attached hydrogens (tertiary/aromatic N) is 2. The monoisotopic (exact) mass is 724 g/mol. The normalized spacial score (nSPS) is 13.9. The molecule has 3 aliphatic rings. The Kier molecular flexibility index (Phi) is 6.52. The lowest BCUT2D eigenvalue weighted by Crippen LogP contribution is -2.61. The van der Waals surface area contributed by atoms with Crippen LogP contribution in [0.4, 0.5) is 0 Å². The summed E-state index contributed by atoms with van der Waals surface area (Å²) in [5.74, 6) is 0. The largest absolute Gasteiger partial charge is 0.313 e. The van der Waals surface area contributed by atoms with Crippen LogP contribution in [0.3, 0.4) is 0 Å². The second-order valence-corrected chi connectivity index (χ2v) is 16.3. The molecule has 3 heteroatoms. The zero-order valence-corrected chi connectivity index (χ0v) is 31.5. The average molecular weight is 725 g/mol. The molecule has 13 rings (SSSR count). The topological polar surface area (TPSA) is 9.86 Å². The molecule has 57 heavy (non-hydrogen) atoms. The highest BCUT2D eigenvalue weighted by molar-refractivity contribution is 6.98. The third kappa shape index (κ3) is 4.48. The van der Waals surface area contributed by atoms with Crippen LogP contribution in [0.15, 0.2) is 170 Å². The fourth-order valence-electron chi connectivity index (χ4n) is 10.9. The molecule has 0 atom stereocenters. The Balaban J connectivity index is 1.01. The maximum Gasteiger partial charge on any atom is 0.243 e. The summed E-state index contributed by atoms with van der Waals surface area (Å²) in [7, 11) is 0. The highest BCUT2D eigenvalue weighted by Crippen LogP contribution is 2.38. The van der Waals surface area contributed by atoms with Gasteiger partial charge in [-0.1, -0.05) is 150 Å². The standard InChI is InChI=1S/C54H37BN2/c1-2-13-41(14-3-1)57-51-21-11-8-18-46(51)47-33-48-38(32-52(47)57)31-40-30-37(29-39-28-36-23-22-35-12-4-5-15-43(35)54(36)55(48)53(39)40)34-24-26-42(27-25-34)56-49-19-9-6-16-44(49)45-17-7-10-20-50(45)56/h1-9,11-19,21-27,29-30,32-33H,10,20,28,31H2. The molecule has 1 aliphatic carbocycles. The molecule has 8 aromatic carbocycles. The predicted octanol–water partition coefficient (Wildman–Crippen LogP) is 10.8. The van der Waals surface area contributed by atoms with Gasteiger partial charge in [-0.3, -0.25) is 0 Å². The number of aromatic nitrogens is 2. The Morgan fingerprint density at radius 1 is 0.439 bits per heavy atom. The number of hydrogen-bond donors (Lipinski definition) is 0. The molecule has 0 N–H and O–H groups in total. The quantitative estimate of drug-likeness (QED) is 0.161. The molecule has 0 fully saturated rings. The van der Waals surface area contributed by atoms with Crippen molar-refractivity contribution in [3.8, 4) is 22.5 Å². The zero-order chi connectivity index (χ0) is 37.2. The Bertz CT molecular complexity index is 3340. The second kappa shape index (κ2) is 11.8. The van der Waals surface area contributed by atoms with Gasteiger partial charge in [0.05, 0.1) is 16.6 Å². The summed E-state index contributed by atoms with van der Waals surface area (Å²) < 4.78 is 4.96. The molecule has 10 aromatic rings. The van der Waals surface area contributed by atoms with E-state index in [0.29, 0.717) is 0 Å². The van der Waals surface area contributed by atoms with Gasteiger partial charge in [0.25, 0.3) is 0 Å². The van der Waals surface area contributed by atoms with Crippen molar-refractivity contribution >= 4 is 72.7 Å². The molecule has 2 aliphatic heterocycles. The molecule has 4 heterocycles. The van der Waals surface area contributed by atoms with E-state index in [0.717, 1.165) is 25.7 Å². The molecule has 0 saturated heterocycles. The van der Waals surface area contributed by atoms with E-state index in [1.54, 1.807) is 0 Å². The number of allylic oxidation sites excluding steroid dienone is 1. The first-order valence-corrected chi connectivity index (χ1v) is 20.4. The number of fused-ring (bicyclic) bond motifs is 12. The summed E-state index contributed by atoms with van der Waals surface area (Å²) in [4.78, 5) is 0. The molecule has 2 aromatic heterocycles. The maximum absolute atomic E-state index is 2.56. The highest BCUT2D eigenvalue weighted by Gasteiger charge is 2.39. The number of hydrogen-bond acceptors (Lipinski definition) is 0. The lowest BCUT2D eigenvalue weighted by atomic mass is 9.30. The summed E-state index contributed by atoms with van der Waals surface area (Å²) in [6.07, 6.45) is 8.66. The lowest BCUT2D eigenvalue weighted by Gasteiger charge is -2.35. The van der Waals surface area contributed by atoms with E-state index in [-0.39, 0.29) is 6.71 Å². The fourth-order valence-corrected chi connectivity index (χ4v) is 10.9. The van der Waals surface area contributed by atoms with Crippen molar-refractivity contribution in [2.45, 2.75) is 25.7 Å². The minimum absolute atomic E-state index is 0.176. The minimum atomic E-state index is 0.176. The summed E-state index contributed by atoms with van der Waals surface area (Å²) >= 11 is 0. The van der Waals surface area contributed by atoms with Gasteiger partial charge >= 0.3 is 0 Å². The summed E-state index contributed by atoms with van der Waals surface area (Å²) in [5.41, 5.74) is 21.9. The van der Waals surface area contributed by atoms with Crippen molar-refractivity contribution in [1.82, 2.24) is 9.13 Å². The van der Waals surface area contributed by atoms with Gasteiger partial charge in [0, 0.05) is 38.8 Å². The van der Waals surface area contributed by atoms with Crippen LogP contribution < -0.4 is 16.4 Å². The van der Waals surface area contributed by atoms with Gasteiger partial charge in [-0.05, 0) is 112 Å². The van der Waals surface area contributed by atoms with Crippen molar-refractivity contribution in [1.29, 1.82) is 0 Å². The van der Waals surface area contributed by atoms with Crippen LogP contribution >= 0.6 is 0 Å². The molecule has 266 valence electrons. The Labute approximate surface area is 332 Å². The first-order chi connectivity index (χ1) is 28.3. The van der Waals surface area contributed by atoms with Crippen molar-refractivity contribution in [3.63, 3.8) is 0 Å². The fraction of sp³-hybridized carbons (Fsp3) is 0.0741. The Hall–Kier alpha value is -6.84. The first-order valence-electron chi connectivity index (χ1n) is 20.4. The van der Waals surface area contributed by atoms with Crippen molar-refractivity contribution < 1.29 is 0 Å². The van der Waals surface area contributed by atoms with E-state index in [9.17, 15) is 0 Å². The number of para-hydroxylation sites is 3. The lowest BCUT2D eigenvalue weighted by molar-refractivity contribution is 0.888.